The van der Waals surface area contributed by atoms with Crippen molar-refractivity contribution < 1.29 is 19.1 Å². The van der Waals surface area contributed by atoms with Crippen molar-refractivity contribution in [3.63, 3.8) is 0 Å². The minimum Gasteiger partial charge on any atom is -0.492 e. The van der Waals surface area contributed by atoms with Gasteiger partial charge in [0.2, 0.25) is 11.8 Å². The lowest BCUT2D eigenvalue weighted by Gasteiger charge is -2.41. The Morgan fingerprint density at radius 2 is 1.32 bits per heavy atom. The van der Waals surface area contributed by atoms with Crippen LogP contribution in [0.4, 0.5) is 17.2 Å². The molecule has 4 aromatic heterocycles. The van der Waals surface area contributed by atoms with E-state index in [0.717, 1.165) is 30.2 Å². The van der Waals surface area contributed by atoms with E-state index in [0.29, 0.717) is 105 Å². The number of ether oxygens (including phenoxy) is 2. The third kappa shape index (κ3) is 13.4. The zero-order valence-corrected chi connectivity index (χ0v) is 43.9. The lowest BCUT2D eigenvalue weighted by molar-refractivity contribution is -0.134. The van der Waals surface area contributed by atoms with Crippen molar-refractivity contribution in [2.75, 3.05) is 68.2 Å². The number of aryl methyl sites for hydroxylation is 1. The smallest absolute Gasteiger partial charge is 0.270 e. The molecule has 2 aliphatic rings. The second kappa shape index (κ2) is 25.2. The predicted molar refractivity (Wildman–Crippen MR) is 280 cm³/mol. The first kappa shape index (κ1) is 54.1. The van der Waals surface area contributed by atoms with Gasteiger partial charge in [0.05, 0.1) is 50.4 Å². The summed E-state index contributed by atoms with van der Waals surface area (Å²) in [4.78, 5) is 44.9. The van der Waals surface area contributed by atoms with Crippen LogP contribution < -0.4 is 19.3 Å². The Labute approximate surface area is 438 Å². The van der Waals surface area contributed by atoms with Crippen LogP contribution in [0.5, 0.6) is 11.5 Å². The van der Waals surface area contributed by atoms with Gasteiger partial charge in [-0.05, 0) is 90.1 Å². The summed E-state index contributed by atoms with van der Waals surface area (Å²) in [5, 5.41) is 22.2. The van der Waals surface area contributed by atoms with Crippen LogP contribution in [0, 0.1) is 31.8 Å². The van der Waals surface area contributed by atoms with Crippen molar-refractivity contribution in [2.24, 2.45) is 0 Å². The minimum atomic E-state index is -0.0278. The van der Waals surface area contributed by atoms with E-state index in [9.17, 15) is 9.59 Å². The van der Waals surface area contributed by atoms with Gasteiger partial charge in [0.25, 0.3) is 5.82 Å². The third-order valence-electron chi connectivity index (χ3n) is 11.7. The molecule has 0 spiro atoms. The van der Waals surface area contributed by atoms with Crippen LogP contribution in [-0.2, 0) is 16.1 Å². The molecule has 2 saturated heterocycles. The number of hydrogen-bond donors (Lipinski definition) is 1. The summed E-state index contributed by atoms with van der Waals surface area (Å²) < 4.78 is 12.8. The van der Waals surface area contributed by atoms with E-state index in [1.54, 1.807) is 41.1 Å². The number of nitrogens with zero attached hydrogens (tertiary/aromatic N) is 11. The largest absolute Gasteiger partial charge is 0.492 e. The number of rotatable bonds is 11. The second-order valence-electron chi connectivity index (χ2n) is 16.4. The van der Waals surface area contributed by atoms with Gasteiger partial charge in [0.1, 0.15) is 41.4 Å². The molecule has 2 fully saturated rings. The Morgan fingerprint density at radius 1 is 0.775 bits per heavy atom. The van der Waals surface area contributed by atoms with Crippen LogP contribution in [0.15, 0.2) is 72.8 Å². The summed E-state index contributed by atoms with van der Waals surface area (Å²) in [5.41, 5.74) is 6.05. The molecule has 2 aromatic carbocycles. The number of alkyl halides is 1. The number of hydrogen-bond acceptors (Lipinski definition) is 11. The molecule has 71 heavy (non-hydrogen) atoms. The lowest BCUT2D eigenvalue weighted by Crippen LogP contribution is -2.54. The first-order valence-electron chi connectivity index (χ1n) is 22.8. The molecular formula is C50H53Cl5N12O4. The average Bonchev–Trinajstić information content (AvgIpc) is 3.86. The van der Waals surface area contributed by atoms with E-state index in [-0.39, 0.29) is 42.1 Å². The zero-order chi connectivity index (χ0) is 51.4. The molecule has 0 radical (unpaired) electrons. The van der Waals surface area contributed by atoms with Crippen molar-refractivity contribution >= 4 is 87.0 Å². The van der Waals surface area contributed by atoms with E-state index in [2.05, 4.69) is 39.9 Å². The Morgan fingerprint density at radius 3 is 1.82 bits per heavy atom. The maximum atomic E-state index is 13.2. The lowest BCUT2D eigenvalue weighted by atomic mass is 10.1. The van der Waals surface area contributed by atoms with Crippen molar-refractivity contribution in [2.45, 2.75) is 60.2 Å². The van der Waals surface area contributed by atoms with Gasteiger partial charge in [0, 0.05) is 74.9 Å². The quantitative estimate of drug-likeness (QED) is 0.0969. The molecule has 2 aliphatic heterocycles. The van der Waals surface area contributed by atoms with E-state index in [1.165, 1.54) is 0 Å². The highest BCUT2D eigenvalue weighted by Crippen LogP contribution is 2.34. The molecule has 0 saturated carbocycles. The molecule has 2 amide bonds. The van der Waals surface area contributed by atoms with E-state index in [4.69, 9.17) is 79.3 Å². The highest BCUT2D eigenvalue weighted by atomic mass is 35.5. The van der Waals surface area contributed by atoms with Gasteiger partial charge in [-0.25, -0.2) is 4.98 Å². The van der Waals surface area contributed by atoms with Gasteiger partial charge >= 0.3 is 0 Å². The number of anilines is 2. The summed E-state index contributed by atoms with van der Waals surface area (Å²) >= 11 is 30.5. The number of halogens is 5. The third-order valence-corrected chi connectivity index (χ3v) is 13.4. The fraction of sp³-hybridized carbons (Fsp3) is 0.360. The number of aromatic nitrogens is 6. The van der Waals surface area contributed by atoms with Crippen LogP contribution in [0.3, 0.4) is 0 Å². The molecule has 0 aliphatic carbocycles. The summed E-state index contributed by atoms with van der Waals surface area (Å²) in [7, 11) is 0. The van der Waals surface area contributed by atoms with E-state index in [1.807, 2.05) is 93.8 Å². The second-order valence-corrected chi connectivity index (χ2v) is 18.3. The molecule has 2 atom stereocenters. The number of pyridine rings is 2. The number of piperazine rings is 2. The number of nitrogens with one attached hydrogen (secondary N) is 1. The summed E-state index contributed by atoms with van der Waals surface area (Å²) in [5.74, 6) is 1.64. The fourth-order valence-corrected chi connectivity index (χ4v) is 8.92. The molecule has 0 unspecified atom stereocenters. The highest BCUT2D eigenvalue weighted by molar-refractivity contribution is 6.34. The topological polar surface area (TPSA) is 166 Å². The molecule has 8 rings (SSSR count). The Hall–Kier alpha value is -6.27. The van der Waals surface area contributed by atoms with Crippen molar-refractivity contribution in [3.05, 3.63) is 121 Å². The molecule has 6 heterocycles. The molecular weight excluding hydrogens is 1010 g/mol. The molecule has 6 aromatic rings. The molecule has 0 bridgehead atoms. The average molecular weight is 1060 g/mol. The van der Waals surface area contributed by atoms with Crippen LogP contribution in [0.25, 0.3) is 27.6 Å². The van der Waals surface area contributed by atoms with Crippen molar-refractivity contribution in [1.29, 1.82) is 5.26 Å². The number of nitriles is 1. The van der Waals surface area contributed by atoms with Crippen molar-refractivity contribution in [3.8, 4) is 40.3 Å². The first-order valence-corrected chi connectivity index (χ1v) is 24.8. The van der Waals surface area contributed by atoms with E-state index < -0.39 is 0 Å². The Balaban J connectivity index is 0.000000193. The highest BCUT2D eigenvalue weighted by Gasteiger charge is 2.30. The molecule has 21 heteroatoms. The zero-order valence-electron chi connectivity index (χ0n) is 40.1. The number of H-pyrrole nitrogens is 1. The van der Waals surface area contributed by atoms with Gasteiger partial charge in [-0.1, -0.05) is 65.1 Å². The maximum absolute atomic E-state index is 13.2. The monoisotopic (exact) mass is 1060 g/mol. The summed E-state index contributed by atoms with van der Waals surface area (Å²) in [6.07, 6.45) is 0. The molecule has 1 N–H and O–H groups in total. The first-order chi connectivity index (χ1) is 34.1. The Bertz CT molecular complexity index is 2920. The SMILES string of the molecule is CCOc1cc(N2CCN(C(=O)CCl)[C@@H](C)C2)ccc1Cl.Cc1[nH]nc(-c2cccc(C#N)n2)c1Cl.[C-]#[N+]c1cccc(-c2nn(CC(=O)N3CCN(c4ccc(Cl)c(OCC)c4)C[C@@H]3C)c(C)c2Cl)n1. The number of amides is 2. The normalized spacial score (nSPS) is 15.4. The predicted octanol–water partition coefficient (Wildman–Crippen LogP) is 10.6. The van der Waals surface area contributed by atoms with Crippen molar-refractivity contribution in [1.82, 2.24) is 39.7 Å². The van der Waals surface area contributed by atoms with Crippen LogP contribution in [0.2, 0.25) is 20.1 Å². The number of aromatic amines is 1. The van der Waals surface area contributed by atoms with Crippen LogP contribution >= 0.6 is 58.0 Å². The summed E-state index contributed by atoms with van der Waals surface area (Å²) in [6.45, 7) is 24.2. The summed E-state index contributed by atoms with van der Waals surface area (Å²) in [6, 6.07) is 23.9. The fourth-order valence-electron chi connectivity index (χ4n) is 8.00. The van der Waals surface area contributed by atoms with Crippen LogP contribution in [-0.4, -0.2) is 122 Å². The van der Waals surface area contributed by atoms with Gasteiger partial charge in [-0.3, -0.25) is 19.4 Å². The standard InChI is InChI=1S/C25H26Cl2N6O2.C15H20Cl2N2O2.C10H7ClN4/c1-5-35-21-13-18(9-10-19(21)26)31-11-12-32(16(2)14-31)23(34)15-33-17(3)24(27)25(30-33)20-7-6-8-22(28-4)29-20;1-3-21-14-8-12(4-5-13(14)17)18-6-7-19(11(2)10-18)15(20)9-16;1-6-9(11)10(15-14-6)8-4-2-3-7(5-12)13-8/h6-10,13,16H,5,11-12,14-15H2,1-3H3;4-5,8,11H,3,6-7,9-10H2,1-2H3;2-4H,1H3,(H,14,15)/t16-;11-;/m00./s1. The number of carbonyl (C=O) groups is 2. The number of carbonyl (C=O) groups excluding carboxylic acids is 2. The minimum absolute atomic E-state index is 0.00470. The van der Waals surface area contributed by atoms with Gasteiger partial charge in [-0.2, -0.15) is 15.5 Å². The number of benzene rings is 2. The van der Waals surface area contributed by atoms with Crippen LogP contribution in [0.1, 0.15) is 44.8 Å². The van der Waals surface area contributed by atoms with Gasteiger partial charge in [-0.15, -0.1) is 16.6 Å². The Kier molecular flexibility index (Phi) is 19.2. The maximum Gasteiger partial charge on any atom is 0.270 e. The van der Waals surface area contributed by atoms with Gasteiger partial charge in [0.15, 0.2) is 11.4 Å². The molecule has 372 valence electrons. The molecule has 16 nitrogen and oxygen atoms in total. The van der Waals surface area contributed by atoms with E-state index >= 15 is 0 Å². The van der Waals surface area contributed by atoms with Gasteiger partial charge < -0.3 is 33.9 Å².